The summed E-state index contributed by atoms with van der Waals surface area (Å²) in [5.74, 6) is 1.40. The van der Waals surface area contributed by atoms with Crippen molar-refractivity contribution in [3.05, 3.63) is 28.2 Å². The zero-order chi connectivity index (χ0) is 12.7. The lowest BCUT2D eigenvalue weighted by Gasteiger charge is -2.18. The summed E-state index contributed by atoms with van der Waals surface area (Å²) in [6.07, 6.45) is 3.80. The number of nitrogens with zero attached hydrogens (tertiary/aromatic N) is 1. The quantitative estimate of drug-likeness (QED) is 0.866. The second-order valence-corrected chi connectivity index (χ2v) is 6.24. The number of phenolic OH excluding ortho intramolecular Hbond substituents is 1. The normalized spacial score (nSPS) is 26.4. The van der Waals surface area contributed by atoms with E-state index in [9.17, 15) is 9.90 Å². The van der Waals surface area contributed by atoms with Crippen LogP contribution in [0.5, 0.6) is 5.75 Å². The Morgan fingerprint density at radius 1 is 1.28 bits per heavy atom. The van der Waals surface area contributed by atoms with Gasteiger partial charge in [-0.15, -0.1) is 0 Å². The van der Waals surface area contributed by atoms with Gasteiger partial charge in [-0.2, -0.15) is 0 Å². The van der Waals surface area contributed by atoms with E-state index in [1.54, 1.807) is 18.2 Å². The standard InChI is InChI=1S/C14H16BrNO2/c15-11-4-5-13(17)12(6-11)14(18)16-7-9-2-1-3-10(9)8-16/h4-6,9-10,17H,1-3,7-8H2. The molecule has 1 aliphatic heterocycles. The van der Waals surface area contributed by atoms with E-state index in [2.05, 4.69) is 15.9 Å². The van der Waals surface area contributed by atoms with Gasteiger partial charge in [0, 0.05) is 17.6 Å². The highest BCUT2D eigenvalue weighted by Gasteiger charge is 2.38. The van der Waals surface area contributed by atoms with Crippen LogP contribution in [0, 0.1) is 11.8 Å². The van der Waals surface area contributed by atoms with Gasteiger partial charge < -0.3 is 10.0 Å². The van der Waals surface area contributed by atoms with E-state index in [1.165, 1.54) is 19.3 Å². The van der Waals surface area contributed by atoms with Crippen molar-refractivity contribution in [2.75, 3.05) is 13.1 Å². The van der Waals surface area contributed by atoms with Crippen molar-refractivity contribution in [1.82, 2.24) is 4.90 Å². The van der Waals surface area contributed by atoms with Gasteiger partial charge in [-0.05, 0) is 42.9 Å². The van der Waals surface area contributed by atoms with E-state index in [-0.39, 0.29) is 11.7 Å². The van der Waals surface area contributed by atoms with Gasteiger partial charge in [0.15, 0.2) is 0 Å². The summed E-state index contributed by atoms with van der Waals surface area (Å²) >= 11 is 3.34. The third kappa shape index (κ3) is 2.03. The van der Waals surface area contributed by atoms with Crippen molar-refractivity contribution >= 4 is 21.8 Å². The summed E-state index contributed by atoms with van der Waals surface area (Å²) in [7, 11) is 0. The monoisotopic (exact) mass is 309 g/mol. The van der Waals surface area contributed by atoms with Crippen LogP contribution in [0.25, 0.3) is 0 Å². The molecule has 4 heteroatoms. The zero-order valence-electron chi connectivity index (χ0n) is 10.1. The minimum atomic E-state index is -0.0387. The van der Waals surface area contributed by atoms with Crippen molar-refractivity contribution in [3.8, 4) is 5.75 Å². The van der Waals surface area contributed by atoms with Crippen molar-refractivity contribution < 1.29 is 9.90 Å². The molecule has 2 unspecified atom stereocenters. The Balaban J connectivity index is 1.81. The third-order valence-electron chi connectivity index (χ3n) is 4.20. The number of hydrogen-bond donors (Lipinski definition) is 1. The van der Waals surface area contributed by atoms with E-state index < -0.39 is 0 Å². The molecule has 0 bridgehead atoms. The van der Waals surface area contributed by atoms with E-state index >= 15 is 0 Å². The fourth-order valence-electron chi connectivity index (χ4n) is 3.25. The number of halogens is 1. The van der Waals surface area contributed by atoms with Crippen molar-refractivity contribution in [1.29, 1.82) is 0 Å². The predicted octanol–water partition coefficient (Wildman–Crippen LogP) is 3.03. The van der Waals surface area contributed by atoms with Crippen molar-refractivity contribution in [2.24, 2.45) is 11.8 Å². The summed E-state index contributed by atoms with van der Waals surface area (Å²) < 4.78 is 0.822. The average molecular weight is 310 g/mol. The topological polar surface area (TPSA) is 40.5 Å². The number of amides is 1. The summed E-state index contributed by atoms with van der Waals surface area (Å²) in [5.41, 5.74) is 0.407. The highest BCUT2D eigenvalue weighted by molar-refractivity contribution is 9.10. The van der Waals surface area contributed by atoms with Crippen LogP contribution in [0.1, 0.15) is 29.6 Å². The van der Waals surface area contributed by atoms with Crippen LogP contribution in [0.2, 0.25) is 0 Å². The molecular weight excluding hydrogens is 294 g/mol. The van der Waals surface area contributed by atoms with Gasteiger partial charge in [-0.25, -0.2) is 0 Å². The van der Waals surface area contributed by atoms with E-state index in [4.69, 9.17) is 0 Å². The van der Waals surface area contributed by atoms with Crippen LogP contribution < -0.4 is 0 Å². The second kappa shape index (κ2) is 4.57. The molecule has 0 spiro atoms. The molecule has 1 saturated heterocycles. The molecule has 2 atom stereocenters. The average Bonchev–Trinajstić information content (AvgIpc) is 2.91. The molecule has 1 aromatic carbocycles. The van der Waals surface area contributed by atoms with Gasteiger partial charge in [0.05, 0.1) is 5.56 Å². The maximum atomic E-state index is 12.4. The molecule has 1 N–H and O–H groups in total. The van der Waals surface area contributed by atoms with E-state index in [0.717, 1.165) is 17.6 Å². The number of fused-ring (bicyclic) bond motifs is 1. The van der Waals surface area contributed by atoms with E-state index in [0.29, 0.717) is 17.4 Å². The highest BCUT2D eigenvalue weighted by atomic mass is 79.9. The Morgan fingerprint density at radius 3 is 2.61 bits per heavy atom. The van der Waals surface area contributed by atoms with Crippen LogP contribution in [0.3, 0.4) is 0 Å². The van der Waals surface area contributed by atoms with Crippen LogP contribution in [-0.2, 0) is 0 Å². The molecule has 3 nitrogen and oxygen atoms in total. The van der Waals surface area contributed by atoms with Crippen LogP contribution >= 0.6 is 15.9 Å². The fourth-order valence-corrected chi connectivity index (χ4v) is 3.61. The van der Waals surface area contributed by atoms with Crippen molar-refractivity contribution in [3.63, 3.8) is 0 Å². The zero-order valence-corrected chi connectivity index (χ0v) is 11.7. The first-order chi connectivity index (χ1) is 8.65. The number of aromatic hydroxyl groups is 1. The molecule has 96 valence electrons. The Bertz CT molecular complexity index is 477. The molecule has 0 radical (unpaired) electrons. The maximum absolute atomic E-state index is 12.4. The van der Waals surface area contributed by atoms with Gasteiger partial charge >= 0.3 is 0 Å². The summed E-state index contributed by atoms with van der Waals surface area (Å²) in [4.78, 5) is 14.3. The Kier molecular flexibility index (Phi) is 3.06. The van der Waals surface area contributed by atoms with Gasteiger partial charge in [0.25, 0.3) is 5.91 Å². The minimum absolute atomic E-state index is 0.0387. The van der Waals surface area contributed by atoms with Gasteiger partial charge in [-0.1, -0.05) is 22.4 Å². The molecule has 1 aliphatic carbocycles. The molecule has 1 aromatic rings. The van der Waals surface area contributed by atoms with Gasteiger partial charge in [0.1, 0.15) is 5.75 Å². The fraction of sp³-hybridized carbons (Fsp3) is 0.500. The number of carbonyl (C=O) groups excluding carboxylic acids is 1. The first-order valence-electron chi connectivity index (χ1n) is 6.43. The molecule has 3 rings (SSSR count). The smallest absolute Gasteiger partial charge is 0.257 e. The highest BCUT2D eigenvalue weighted by Crippen LogP contribution is 2.38. The minimum Gasteiger partial charge on any atom is -0.507 e. The SMILES string of the molecule is O=C(c1cc(Br)ccc1O)N1CC2CCCC2C1. The van der Waals surface area contributed by atoms with Crippen molar-refractivity contribution in [2.45, 2.75) is 19.3 Å². The largest absolute Gasteiger partial charge is 0.507 e. The number of hydrogen-bond acceptors (Lipinski definition) is 2. The first kappa shape index (κ1) is 12.0. The lowest BCUT2D eigenvalue weighted by Crippen LogP contribution is -2.29. The summed E-state index contributed by atoms with van der Waals surface area (Å²) in [6.45, 7) is 1.71. The Hall–Kier alpha value is -1.03. The van der Waals surface area contributed by atoms with Gasteiger partial charge in [0.2, 0.25) is 0 Å². The third-order valence-corrected chi connectivity index (χ3v) is 4.70. The predicted molar refractivity (Wildman–Crippen MR) is 72.5 cm³/mol. The number of benzene rings is 1. The summed E-state index contributed by atoms with van der Waals surface area (Å²) in [5, 5.41) is 9.80. The molecule has 1 amide bonds. The number of phenols is 1. The molecule has 1 heterocycles. The van der Waals surface area contributed by atoms with Crippen LogP contribution in [0.15, 0.2) is 22.7 Å². The lowest BCUT2D eigenvalue weighted by atomic mass is 10.0. The Morgan fingerprint density at radius 2 is 1.94 bits per heavy atom. The number of carbonyl (C=O) groups is 1. The molecule has 18 heavy (non-hydrogen) atoms. The molecule has 2 aliphatic rings. The molecular formula is C14H16BrNO2. The molecule has 2 fully saturated rings. The lowest BCUT2D eigenvalue weighted by molar-refractivity contribution is 0.0777. The molecule has 1 saturated carbocycles. The maximum Gasteiger partial charge on any atom is 0.257 e. The van der Waals surface area contributed by atoms with Crippen LogP contribution in [0.4, 0.5) is 0 Å². The van der Waals surface area contributed by atoms with Crippen LogP contribution in [-0.4, -0.2) is 29.0 Å². The van der Waals surface area contributed by atoms with Gasteiger partial charge in [-0.3, -0.25) is 4.79 Å². The van der Waals surface area contributed by atoms with E-state index in [1.807, 2.05) is 4.90 Å². The second-order valence-electron chi connectivity index (χ2n) is 5.32. The number of likely N-dealkylation sites (tertiary alicyclic amines) is 1. The summed E-state index contributed by atoms with van der Waals surface area (Å²) in [6, 6.07) is 5.00. The number of rotatable bonds is 1. The Labute approximate surface area is 115 Å². The molecule has 0 aromatic heterocycles. The first-order valence-corrected chi connectivity index (χ1v) is 7.22.